The number of anilines is 1. The summed E-state index contributed by atoms with van der Waals surface area (Å²) in [4.78, 5) is 14.0. The number of nitrogens with zero attached hydrogens (tertiary/aromatic N) is 7. The number of hydrogen-bond donors (Lipinski definition) is 1. The van der Waals surface area contributed by atoms with Gasteiger partial charge in [-0.1, -0.05) is 11.2 Å². The highest BCUT2D eigenvalue weighted by molar-refractivity contribution is 5.55. The largest absolute Gasteiger partial charge is 0.402 e. The number of H-pyrrole nitrogens is 1. The molecule has 0 bridgehead atoms. The minimum absolute atomic E-state index is 0.337. The summed E-state index contributed by atoms with van der Waals surface area (Å²) in [5, 5.41) is 13.1. The molecule has 1 atom stereocenters. The predicted octanol–water partition coefficient (Wildman–Crippen LogP) is 3.10. The Labute approximate surface area is 175 Å². The summed E-state index contributed by atoms with van der Waals surface area (Å²) >= 11 is 0. The number of aromatic nitrogens is 7. The third-order valence-electron chi connectivity index (χ3n) is 5.55. The van der Waals surface area contributed by atoms with E-state index in [0.29, 0.717) is 35.4 Å². The Morgan fingerprint density at radius 3 is 3.00 bits per heavy atom. The Bertz CT molecular complexity index is 1400. The van der Waals surface area contributed by atoms with E-state index in [9.17, 15) is 4.39 Å². The summed E-state index contributed by atoms with van der Waals surface area (Å²) in [5.41, 5.74) is 4.45. The van der Waals surface area contributed by atoms with E-state index < -0.39 is 6.04 Å². The summed E-state index contributed by atoms with van der Waals surface area (Å²) in [6.45, 7) is 2.55. The van der Waals surface area contributed by atoms with Crippen molar-refractivity contribution in [3.8, 4) is 11.6 Å². The summed E-state index contributed by atoms with van der Waals surface area (Å²) in [6, 6.07) is 8.52. The van der Waals surface area contributed by atoms with Gasteiger partial charge >= 0.3 is 6.01 Å². The van der Waals surface area contributed by atoms with Crippen LogP contribution in [0.25, 0.3) is 17.1 Å². The van der Waals surface area contributed by atoms with Crippen LogP contribution in [-0.4, -0.2) is 41.3 Å². The van der Waals surface area contributed by atoms with E-state index in [2.05, 4.69) is 30.2 Å². The minimum Gasteiger partial charge on any atom is -0.402 e. The van der Waals surface area contributed by atoms with Crippen molar-refractivity contribution in [1.29, 1.82) is 0 Å². The Kier molecular flexibility index (Phi) is 3.85. The molecule has 154 valence electrons. The molecule has 10 heteroatoms. The van der Waals surface area contributed by atoms with Gasteiger partial charge in [-0.05, 0) is 36.8 Å². The molecule has 6 rings (SSSR count). The average Bonchev–Trinajstić information content (AvgIpc) is 3.52. The molecule has 0 amide bonds. The van der Waals surface area contributed by atoms with Crippen LogP contribution in [0, 0.1) is 12.7 Å². The lowest BCUT2D eigenvalue weighted by molar-refractivity contribution is 0.502. The third-order valence-corrected chi connectivity index (χ3v) is 5.55. The fraction of sp³-hybridized carbons (Fsp3) is 0.190. The Hall–Kier alpha value is -4.08. The standard InChI is InChI=1S/C21H17FN8O/c1-12-4-2-7-23-17(12)20-26-27-21(31-20)29-9-6-14-18(25-11-24-14)19(29)15-10-16-13(22)5-3-8-30(16)28-15/h2-5,7-8,10-11,19H,6,9H2,1H3,(H,24,25). The van der Waals surface area contributed by atoms with Gasteiger partial charge in [-0.25, -0.2) is 13.9 Å². The lowest BCUT2D eigenvalue weighted by Crippen LogP contribution is -2.36. The third kappa shape index (κ3) is 2.79. The maximum atomic E-state index is 14.3. The Balaban J connectivity index is 1.46. The second kappa shape index (κ2) is 6.73. The van der Waals surface area contributed by atoms with Gasteiger partial charge in [0.15, 0.2) is 0 Å². The molecule has 9 nitrogen and oxygen atoms in total. The normalized spacial score (nSPS) is 16.1. The lowest BCUT2D eigenvalue weighted by atomic mass is 10.0. The summed E-state index contributed by atoms with van der Waals surface area (Å²) in [7, 11) is 0. The zero-order valence-electron chi connectivity index (χ0n) is 16.5. The van der Waals surface area contributed by atoms with Crippen LogP contribution >= 0.6 is 0 Å². The first-order valence-electron chi connectivity index (χ1n) is 9.87. The maximum absolute atomic E-state index is 14.3. The van der Waals surface area contributed by atoms with Crippen LogP contribution in [0.1, 0.15) is 28.7 Å². The van der Waals surface area contributed by atoms with Gasteiger partial charge in [0.05, 0.1) is 17.7 Å². The van der Waals surface area contributed by atoms with Crippen LogP contribution in [0.5, 0.6) is 0 Å². The van der Waals surface area contributed by atoms with Gasteiger partial charge in [0, 0.05) is 31.1 Å². The highest BCUT2D eigenvalue weighted by Gasteiger charge is 2.36. The number of pyridine rings is 2. The maximum Gasteiger partial charge on any atom is 0.319 e. The lowest BCUT2D eigenvalue weighted by Gasteiger charge is -2.32. The van der Waals surface area contributed by atoms with Gasteiger partial charge in [0.25, 0.3) is 5.89 Å². The molecule has 31 heavy (non-hydrogen) atoms. The SMILES string of the molecule is Cc1cccnc1-c1nnc(N2CCc3[nH]cnc3C2c2cc3c(F)cccn3n2)o1. The van der Waals surface area contributed by atoms with E-state index in [4.69, 9.17) is 4.42 Å². The highest BCUT2D eigenvalue weighted by atomic mass is 19.1. The molecule has 0 aliphatic carbocycles. The van der Waals surface area contributed by atoms with Crippen molar-refractivity contribution in [2.24, 2.45) is 0 Å². The monoisotopic (exact) mass is 416 g/mol. The average molecular weight is 416 g/mol. The molecule has 0 saturated carbocycles. The quantitative estimate of drug-likeness (QED) is 0.482. The Morgan fingerprint density at radius 1 is 1.19 bits per heavy atom. The van der Waals surface area contributed by atoms with Crippen molar-refractivity contribution < 1.29 is 8.81 Å². The molecule has 0 spiro atoms. The number of aryl methyl sites for hydroxylation is 1. The molecule has 1 aliphatic rings. The zero-order valence-corrected chi connectivity index (χ0v) is 16.5. The van der Waals surface area contributed by atoms with Crippen LogP contribution in [-0.2, 0) is 6.42 Å². The first-order chi connectivity index (χ1) is 15.2. The van der Waals surface area contributed by atoms with E-state index in [-0.39, 0.29) is 5.82 Å². The zero-order chi connectivity index (χ0) is 20.9. The van der Waals surface area contributed by atoms with Crippen molar-refractivity contribution in [3.63, 3.8) is 0 Å². The van der Waals surface area contributed by atoms with E-state index in [1.54, 1.807) is 30.9 Å². The van der Waals surface area contributed by atoms with E-state index in [1.807, 2.05) is 24.0 Å². The second-order valence-electron chi connectivity index (χ2n) is 7.43. The summed E-state index contributed by atoms with van der Waals surface area (Å²) < 4.78 is 21.9. The minimum atomic E-state index is -0.396. The first kappa shape index (κ1) is 17.8. The number of rotatable bonds is 3. The first-order valence-corrected chi connectivity index (χ1v) is 9.87. The topological polar surface area (TPSA) is 101 Å². The molecule has 1 N–H and O–H groups in total. The molecule has 0 aromatic carbocycles. The number of nitrogens with one attached hydrogen (secondary N) is 1. The van der Waals surface area contributed by atoms with Crippen molar-refractivity contribution >= 4 is 11.5 Å². The fourth-order valence-electron chi connectivity index (χ4n) is 4.05. The molecule has 1 unspecified atom stereocenters. The molecular weight excluding hydrogens is 399 g/mol. The number of hydrogen-bond acceptors (Lipinski definition) is 7. The molecular formula is C21H17FN8O. The van der Waals surface area contributed by atoms with Gasteiger partial charge < -0.3 is 14.3 Å². The molecule has 0 saturated heterocycles. The summed E-state index contributed by atoms with van der Waals surface area (Å²) in [5.74, 6) is 0.0114. The van der Waals surface area contributed by atoms with E-state index in [0.717, 1.165) is 23.4 Å². The molecule has 5 aromatic rings. The van der Waals surface area contributed by atoms with Crippen LogP contribution in [0.15, 0.2) is 53.5 Å². The van der Waals surface area contributed by atoms with Crippen molar-refractivity contribution in [3.05, 3.63) is 77.5 Å². The molecule has 5 aromatic heterocycles. The van der Waals surface area contributed by atoms with Crippen LogP contribution in [0.4, 0.5) is 10.4 Å². The van der Waals surface area contributed by atoms with Crippen molar-refractivity contribution in [2.75, 3.05) is 11.4 Å². The molecule has 0 radical (unpaired) electrons. The summed E-state index contributed by atoms with van der Waals surface area (Å²) in [6.07, 6.45) is 5.80. The van der Waals surface area contributed by atoms with Crippen LogP contribution < -0.4 is 4.90 Å². The molecule has 6 heterocycles. The second-order valence-corrected chi connectivity index (χ2v) is 7.43. The fourth-order valence-corrected chi connectivity index (χ4v) is 4.05. The van der Waals surface area contributed by atoms with Gasteiger partial charge in [-0.15, -0.1) is 5.10 Å². The van der Waals surface area contributed by atoms with E-state index >= 15 is 0 Å². The van der Waals surface area contributed by atoms with Crippen LogP contribution in [0.3, 0.4) is 0 Å². The smallest absolute Gasteiger partial charge is 0.319 e. The number of fused-ring (bicyclic) bond motifs is 2. The molecule has 0 fully saturated rings. The molecule has 1 aliphatic heterocycles. The highest BCUT2D eigenvalue weighted by Crippen LogP contribution is 2.37. The van der Waals surface area contributed by atoms with Crippen molar-refractivity contribution in [2.45, 2.75) is 19.4 Å². The van der Waals surface area contributed by atoms with Gasteiger partial charge in [-0.2, -0.15) is 5.10 Å². The van der Waals surface area contributed by atoms with Crippen LogP contribution in [0.2, 0.25) is 0 Å². The number of halogens is 1. The van der Waals surface area contributed by atoms with Gasteiger partial charge in [-0.3, -0.25) is 4.98 Å². The van der Waals surface area contributed by atoms with Crippen molar-refractivity contribution in [1.82, 2.24) is 34.8 Å². The van der Waals surface area contributed by atoms with Gasteiger partial charge in [0.2, 0.25) is 0 Å². The predicted molar refractivity (Wildman–Crippen MR) is 109 cm³/mol. The number of aromatic amines is 1. The van der Waals surface area contributed by atoms with E-state index in [1.165, 1.54) is 10.6 Å². The Morgan fingerprint density at radius 2 is 2.13 bits per heavy atom. The van der Waals surface area contributed by atoms with Gasteiger partial charge in [0.1, 0.15) is 23.1 Å². The number of imidazole rings is 1.